The van der Waals surface area contributed by atoms with E-state index >= 15 is 0 Å². The molecule has 0 aromatic carbocycles. The first-order valence-electron chi connectivity index (χ1n) is 3.32. The topological polar surface area (TPSA) is 0 Å². The molecule has 51 valence electrons. The third kappa shape index (κ3) is 6.03. The molecule has 2 atom stereocenters. The highest BCUT2D eigenvalue weighted by Crippen LogP contribution is 2.07. The van der Waals surface area contributed by atoms with E-state index in [1.807, 2.05) is 6.92 Å². The standard InChI is InChI=1S/C7H14BS/c1-4-5-6(2)8-7(3)9/h4-7,9H,1-3H3. The van der Waals surface area contributed by atoms with Gasteiger partial charge < -0.3 is 0 Å². The minimum Gasteiger partial charge on any atom is -0.185 e. The van der Waals surface area contributed by atoms with E-state index in [2.05, 4.69) is 45.9 Å². The molecule has 0 saturated heterocycles. The van der Waals surface area contributed by atoms with Crippen molar-refractivity contribution in [2.24, 2.45) is 0 Å². The Morgan fingerprint density at radius 2 is 2.00 bits per heavy atom. The van der Waals surface area contributed by atoms with Crippen LogP contribution >= 0.6 is 12.6 Å². The van der Waals surface area contributed by atoms with Gasteiger partial charge in [0.05, 0.1) is 0 Å². The highest BCUT2D eigenvalue weighted by Gasteiger charge is 2.02. The number of thiol groups is 1. The summed E-state index contributed by atoms with van der Waals surface area (Å²) in [5, 5.41) is 0.399. The number of hydrogen-bond donors (Lipinski definition) is 1. The summed E-state index contributed by atoms with van der Waals surface area (Å²) in [5.41, 5.74) is 0. The molecule has 0 nitrogen and oxygen atoms in total. The van der Waals surface area contributed by atoms with E-state index in [1.165, 1.54) is 0 Å². The van der Waals surface area contributed by atoms with E-state index in [-0.39, 0.29) is 0 Å². The molecule has 9 heavy (non-hydrogen) atoms. The smallest absolute Gasteiger partial charge is 0.135 e. The van der Waals surface area contributed by atoms with Gasteiger partial charge in [0.2, 0.25) is 0 Å². The van der Waals surface area contributed by atoms with Gasteiger partial charge in [-0.2, -0.15) is 12.6 Å². The summed E-state index contributed by atoms with van der Waals surface area (Å²) in [4.78, 5) is 0. The molecule has 0 fully saturated rings. The summed E-state index contributed by atoms with van der Waals surface area (Å²) in [6.45, 7) is 6.27. The van der Waals surface area contributed by atoms with Crippen LogP contribution in [0.3, 0.4) is 0 Å². The SMILES string of the molecule is CC=CC(C)[B]C(C)S. The van der Waals surface area contributed by atoms with E-state index in [4.69, 9.17) is 0 Å². The Hall–Kier alpha value is 0.155. The lowest BCUT2D eigenvalue weighted by Gasteiger charge is -2.04. The van der Waals surface area contributed by atoms with Crippen molar-refractivity contribution in [3.63, 3.8) is 0 Å². The molecule has 0 aliphatic carbocycles. The summed E-state index contributed by atoms with van der Waals surface area (Å²) in [6, 6.07) is 0. The Bertz CT molecular complexity index is 88.9. The average molecular weight is 141 g/mol. The number of hydrogen-bond acceptors (Lipinski definition) is 1. The van der Waals surface area contributed by atoms with Crippen LogP contribution in [0, 0.1) is 0 Å². The van der Waals surface area contributed by atoms with Gasteiger partial charge in [-0.25, -0.2) is 0 Å². The van der Waals surface area contributed by atoms with Crippen molar-refractivity contribution in [3.05, 3.63) is 12.2 Å². The van der Waals surface area contributed by atoms with Crippen molar-refractivity contribution in [2.75, 3.05) is 0 Å². The van der Waals surface area contributed by atoms with Crippen LogP contribution in [0.1, 0.15) is 20.8 Å². The maximum absolute atomic E-state index is 4.24. The zero-order valence-corrected chi connectivity index (χ0v) is 7.23. The fourth-order valence-electron chi connectivity index (χ4n) is 0.807. The molecule has 0 aromatic rings. The van der Waals surface area contributed by atoms with Gasteiger partial charge in [-0.15, -0.1) is 0 Å². The van der Waals surface area contributed by atoms with Gasteiger partial charge in [0.1, 0.15) is 7.28 Å². The summed E-state index contributed by atoms with van der Waals surface area (Å²) >= 11 is 4.24. The Balaban J connectivity index is 3.38. The normalized spacial score (nSPS) is 17.8. The third-order valence-electron chi connectivity index (χ3n) is 1.08. The monoisotopic (exact) mass is 141 g/mol. The van der Waals surface area contributed by atoms with Crippen molar-refractivity contribution in [3.8, 4) is 0 Å². The summed E-state index contributed by atoms with van der Waals surface area (Å²) in [5.74, 6) is 0.558. The molecule has 0 rings (SSSR count). The Labute approximate surface area is 64.4 Å². The second kappa shape index (κ2) is 4.98. The number of rotatable bonds is 3. The largest absolute Gasteiger partial charge is 0.185 e. The van der Waals surface area contributed by atoms with Crippen LogP contribution in [0.25, 0.3) is 0 Å². The zero-order chi connectivity index (χ0) is 7.28. The second-order valence-electron chi connectivity index (χ2n) is 2.32. The van der Waals surface area contributed by atoms with Crippen LogP contribution in [0.2, 0.25) is 5.82 Å². The van der Waals surface area contributed by atoms with Crippen molar-refractivity contribution >= 4 is 19.9 Å². The first-order valence-corrected chi connectivity index (χ1v) is 3.84. The molecular formula is C7H14BS. The minimum absolute atomic E-state index is 0.399. The second-order valence-corrected chi connectivity index (χ2v) is 3.13. The molecule has 0 bridgehead atoms. The van der Waals surface area contributed by atoms with Gasteiger partial charge in [0.25, 0.3) is 0 Å². The molecule has 0 spiro atoms. The predicted molar refractivity (Wildman–Crippen MR) is 48.4 cm³/mol. The Morgan fingerprint density at radius 3 is 2.33 bits per heavy atom. The first kappa shape index (κ1) is 9.15. The van der Waals surface area contributed by atoms with Crippen LogP contribution in [0.5, 0.6) is 0 Å². The van der Waals surface area contributed by atoms with Crippen LogP contribution in [0.4, 0.5) is 0 Å². The molecule has 2 unspecified atom stereocenters. The summed E-state index contributed by atoms with van der Waals surface area (Å²) in [7, 11) is 2.20. The van der Waals surface area contributed by atoms with Crippen LogP contribution in [-0.4, -0.2) is 12.4 Å². The highest BCUT2D eigenvalue weighted by atomic mass is 32.1. The van der Waals surface area contributed by atoms with Gasteiger partial charge in [0.15, 0.2) is 0 Å². The fraction of sp³-hybridized carbons (Fsp3) is 0.714. The Kier molecular flexibility index (Phi) is 5.07. The molecule has 0 aliphatic rings. The van der Waals surface area contributed by atoms with Crippen molar-refractivity contribution in [2.45, 2.75) is 31.7 Å². The van der Waals surface area contributed by atoms with Gasteiger partial charge in [-0.05, 0) is 12.1 Å². The highest BCUT2D eigenvalue weighted by molar-refractivity contribution is 7.82. The van der Waals surface area contributed by atoms with E-state index in [1.54, 1.807) is 0 Å². The molecule has 0 aliphatic heterocycles. The van der Waals surface area contributed by atoms with Gasteiger partial charge in [-0.1, -0.05) is 31.8 Å². The van der Waals surface area contributed by atoms with Crippen LogP contribution in [-0.2, 0) is 0 Å². The zero-order valence-electron chi connectivity index (χ0n) is 6.33. The Morgan fingerprint density at radius 1 is 1.44 bits per heavy atom. The van der Waals surface area contributed by atoms with Gasteiger partial charge in [-0.3, -0.25) is 0 Å². The van der Waals surface area contributed by atoms with Gasteiger partial charge in [0, 0.05) is 0 Å². The van der Waals surface area contributed by atoms with Crippen molar-refractivity contribution in [1.82, 2.24) is 0 Å². The minimum atomic E-state index is 0.399. The van der Waals surface area contributed by atoms with Crippen LogP contribution < -0.4 is 0 Å². The van der Waals surface area contributed by atoms with Crippen molar-refractivity contribution in [1.29, 1.82) is 0 Å². The maximum Gasteiger partial charge on any atom is 0.135 e. The van der Waals surface area contributed by atoms with E-state index in [9.17, 15) is 0 Å². The lowest BCUT2D eigenvalue weighted by atomic mass is 9.63. The quantitative estimate of drug-likeness (QED) is 0.348. The summed E-state index contributed by atoms with van der Waals surface area (Å²) in [6.07, 6.45) is 4.23. The molecule has 2 heteroatoms. The van der Waals surface area contributed by atoms with Gasteiger partial charge >= 0.3 is 0 Å². The lowest BCUT2D eigenvalue weighted by molar-refractivity contribution is 1.15. The fourth-order valence-corrected chi connectivity index (χ4v) is 1.08. The molecular weight excluding hydrogens is 127 g/mol. The molecule has 0 saturated carbocycles. The third-order valence-corrected chi connectivity index (χ3v) is 1.25. The van der Waals surface area contributed by atoms with Crippen LogP contribution in [0.15, 0.2) is 12.2 Å². The van der Waals surface area contributed by atoms with Crippen molar-refractivity contribution < 1.29 is 0 Å². The number of allylic oxidation sites excluding steroid dienone is 2. The molecule has 0 amide bonds. The van der Waals surface area contributed by atoms with E-state index in [0.29, 0.717) is 11.0 Å². The van der Waals surface area contributed by atoms with E-state index < -0.39 is 0 Å². The first-order chi connectivity index (χ1) is 4.16. The summed E-state index contributed by atoms with van der Waals surface area (Å²) < 4.78 is 0. The van der Waals surface area contributed by atoms with E-state index in [0.717, 1.165) is 0 Å². The molecule has 0 heterocycles. The predicted octanol–water partition coefficient (Wildman–Crippen LogP) is 2.35. The molecule has 0 aromatic heterocycles. The maximum atomic E-state index is 4.24. The average Bonchev–Trinajstić information content (AvgIpc) is 1.63. The molecule has 1 radical (unpaired) electrons. The molecule has 0 N–H and O–H groups in total. The lowest BCUT2D eigenvalue weighted by Crippen LogP contribution is -2.08.